The van der Waals surface area contributed by atoms with E-state index in [1.54, 1.807) is 39.8 Å². The third-order valence-electron chi connectivity index (χ3n) is 3.34. The molecule has 1 unspecified atom stereocenters. The molecular weight excluding hydrogens is 216 g/mol. The second-order valence-corrected chi connectivity index (χ2v) is 4.78. The van der Waals surface area contributed by atoms with Crippen LogP contribution in [0.25, 0.3) is 0 Å². The summed E-state index contributed by atoms with van der Waals surface area (Å²) < 4.78 is 5.02. The second-order valence-electron chi connectivity index (χ2n) is 4.78. The smallest absolute Gasteiger partial charge is 0.314 e. The number of benzene rings is 1. The van der Waals surface area contributed by atoms with E-state index in [-0.39, 0.29) is 0 Å². The number of aliphatic hydroxyl groups is 1. The van der Waals surface area contributed by atoms with Gasteiger partial charge < -0.3 is 9.84 Å². The molecule has 0 spiro atoms. The van der Waals surface area contributed by atoms with E-state index < -0.39 is 17.0 Å². The number of hydrogen-bond acceptors (Lipinski definition) is 3. The maximum absolute atomic E-state index is 11.9. The highest BCUT2D eigenvalue weighted by Crippen LogP contribution is 2.40. The molecule has 0 fully saturated rings. The van der Waals surface area contributed by atoms with Crippen molar-refractivity contribution >= 4 is 5.97 Å². The molecule has 1 rings (SSSR count). The summed E-state index contributed by atoms with van der Waals surface area (Å²) in [7, 11) is 0. The Morgan fingerprint density at radius 3 is 2.24 bits per heavy atom. The molecule has 17 heavy (non-hydrogen) atoms. The third kappa shape index (κ3) is 2.50. The fraction of sp³-hybridized carbons (Fsp3) is 0.500. The number of esters is 1. The van der Waals surface area contributed by atoms with E-state index >= 15 is 0 Å². The van der Waals surface area contributed by atoms with E-state index in [0.717, 1.165) is 0 Å². The molecule has 0 radical (unpaired) electrons. The Morgan fingerprint density at radius 2 is 1.76 bits per heavy atom. The van der Waals surface area contributed by atoms with Gasteiger partial charge in [0.1, 0.15) is 5.60 Å². The molecule has 0 aliphatic heterocycles. The maximum Gasteiger partial charge on any atom is 0.314 e. The van der Waals surface area contributed by atoms with E-state index in [1.807, 2.05) is 18.2 Å². The molecule has 1 aromatic rings. The molecule has 3 heteroatoms. The first kappa shape index (κ1) is 13.7. The number of carbonyl (C=O) groups is 1. The summed E-state index contributed by atoms with van der Waals surface area (Å²) in [5, 5.41) is 10.6. The zero-order valence-corrected chi connectivity index (χ0v) is 10.9. The van der Waals surface area contributed by atoms with Gasteiger partial charge in [-0.1, -0.05) is 30.3 Å². The van der Waals surface area contributed by atoms with Crippen molar-refractivity contribution in [2.45, 2.75) is 33.3 Å². The number of carbonyl (C=O) groups excluding carboxylic acids is 1. The number of rotatable bonds is 4. The highest BCUT2D eigenvalue weighted by Gasteiger charge is 2.47. The van der Waals surface area contributed by atoms with Crippen molar-refractivity contribution in [2.75, 3.05) is 6.61 Å². The minimum Gasteiger partial charge on any atom is -0.465 e. The van der Waals surface area contributed by atoms with Crippen molar-refractivity contribution in [1.29, 1.82) is 0 Å². The summed E-state index contributed by atoms with van der Waals surface area (Å²) in [6.45, 7) is 7.09. The molecule has 0 saturated heterocycles. The van der Waals surface area contributed by atoms with Gasteiger partial charge >= 0.3 is 5.97 Å². The van der Waals surface area contributed by atoms with E-state index in [1.165, 1.54) is 0 Å². The van der Waals surface area contributed by atoms with Gasteiger partial charge in [0, 0.05) is 0 Å². The lowest BCUT2D eigenvalue weighted by molar-refractivity contribution is -0.170. The van der Waals surface area contributed by atoms with Gasteiger partial charge in [0.05, 0.1) is 12.0 Å². The fourth-order valence-electron chi connectivity index (χ4n) is 1.63. The van der Waals surface area contributed by atoms with Gasteiger partial charge in [-0.3, -0.25) is 4.79 Å². The lowest BCUT2D eigenvalue weighted by Gasteiger charge is -2.38. The first-order valence-corrected chi connectivity index (χ1v) is 5.79. The van der Waals surface area contributed by atoms with Crippen molar-refractivity contribution in [3.63, 3.8) is 0 Å². The van der Waals surface area contributed by atoms with Crippen molar-refractivity contribution < 1.29 is 14.6 Å². The summed E-state index contributed by atoms with van der Waals surface area (Å²) in [5.74, 6) is -0.395. The molecule has 1 aromatic carbocycles. The molecule has 3 nitrogen and oxygen atoms in total. The lowest BCUT2D eigenvalue weighted by Crippen LogP contribution is -2.45. The van der Waals surface area contributed by atoms with Crippen LogP contribution in [0.1, 0.15) is 33.3 Å². The molecular formula is C14H20O3. The summed E-state index contributed by atoms with van der Waals surface area (Å²) >= 11 is 0. The Balaban J connectivity index is 3.08. The normalized spacial score (nSPS) is 15.1. The standard InChI is InChI=1S/C14H20O3/c1-5-17-12(15)13(2,3)14(4,16)11-9-7-6-8-10-11/h6-10,16H,5H2,1-4H3. The van der Waals surface area contributed by atoms with Crippen molar-refractivity contribution in [2.24, 2.45) is 5.41 Å². The van der Waals surface area contributed by atoms with Crippen LogP contribution in [0.15, 0.2) is 30.3 Å². The Bertz CT molecular complexity index is 380. The average molecular weight is 236 g/mol. The van der Waals surface area contributed by atoms with Crippen LogP contribution in [0.4, 0.5) is 0 Å². The van der Waals surface area contributed by atoms with Gasteiger partial charge in [-0.25, -0.2) is 0 Å². The topological polar surface area (TPSA) is 46.5 Å². The molecule has 0 aliphatic rings. The largest absolute Gasteiger partial charge is 0.465 e. The fourth-order valence-corrected chi connectivity index (χ4v) is 1.63. The van der Waals surface area contributed by atoms with Crippen LogP contribution >= 0.6 is 0 Å². The van der Waals surface area contributed by atoms with Crippen LogP contribution in [-0.2, 0) is 15.1 Å². The first-order chi connectivity index (χ1) is 7.84. The molecule has 0 heterocycles. The van der Waals surface area contributed by atoms with Gasteiger partial charge in [-0.15, -0.1) is 0 Å². The van der Waals surface area contributed by atoms with Crippen LogP contribution in [0, 0.1) is 5.41 Å². The quantitative estimate of drug-likeness (QED) is 0.817. The molecule has 0 aliphatic carbocycles. The predicted octanol–water partition coefficient (Wildman–Crippen LogP) is 2.48. The van der Waals surface area contributed by atoms with E-state index in [0.29, 0.717) is 12.2 Å². The van der Waals surface area contributed by atoms with Crippen LogP contribution in [-0.4, -0.2) is 17.7 Å². The third-order valence-corrected chi connectivity index (χ3v) is 3.34. The monoisotopic (exact) mass is 236 g/mol. The molecule has 1 atom stereocenters. The predicted molar refractivity (Wildman–Crippen MR) is 66.4 cm³/mol. The zero-order valence-electron chi connectivity index (χ0n) is 10.9. The van der Waals surface area contributed by atoms with Crippen LogP contribution in [0.3, 0.4) is 0 Å². The lowest BCUT2D eigenvalue weighted by atomic mass is 9.72. The van der Waals surface area contributed by atoms with Gasteiger partial charge in [0.2, 0.25) is 0 Å². The van der Waals surface area contributed by atoms with Gasteiger partial charge in [0.15, 0.2) is 0 Å². The first-order valence-electron chi connectivity index (χ1n) is 5.79. The molecule has 0 amide bonds. The Labute approximate surface area is 102 Å². The highest BCUT2D eigenvalue weighted by molar-refractivity contribution is 5.77. The summed E-state index contributed by atoms with van der Waals surface area (Å²) in [6.07, 6.45) is 0. The summed E-state index contributed by atoms with van der Waals surface area (Å²) in [6, 6.07) is 9.16. The van der Waals surface area contributed by atoms with E-state index in [4.69, 9.17) is 4.74 Å². The van der Waals surface area contributed by atoms with E-state index in [2.05, 4.69) is 0 Å². The maximum atomic E-state index is 11.9. The Hall–Kier alpha value is -1.35. The van der Waals surface area contributed by atoms with Crippen LogP contribution < -0.4 is 0 Å². The Morgan fingerprint density at radius 1 is 1.24 bits per heavy atom. The van der Waals surface area contributed by atoms with Crippen LogP contribution in [0.2, 0.25) is 0 Å². The van der Waals surface area contributed by atoms with Crippen molar-refractivity contribution in [3.05, 3.63) is 35.9 Å². The molecule has 0 bridgehead atoms. The minimum absolute atomic E-state index is 0.313. The summed E-state index contributed by atoms with van der Waals surface area (Å²) in [5.41, 5.74) is -1.55. The van der Waals surface area contributed by atoms with Crippen molar-refractivity contribution in [3.8, 4) is 0 Å². The van der Waals surface area contributed by atoms with Crippen molar-refractivity contribution in [1.82, 2.24) is 0 Å². The van der Waals surface area contributed by atoms with Gasteiger partial charge in [-0.2, -0.15) is 0 Å². The molecule has 94 valence electrons. The van der Waals surface area contributed by atoms with Crippen LogP contribution in [0.5, 0.6) is 0 Å². The van der Waals surface area contributed by atoms with Gasteiger partial charge in [-0.05, 0) is 33.3 Å². The molecule has 0 aromatic heterocycles. The summed E-state index contributed by atoms with van der Waals surface area (Å²) in [4.78, 5) is 11.9. The molecule has 1 N–H and O–H groups in total. The zero-order chi connectivity index (χ0) is 13.1. The minimum atomic E-state index is -1.26. The average Bonchev–Trinajstić information content (AvgIpc) is 2.30. The second kappa shape index (κ2) is 4.88. The molecule has 0 saturated carbocycles. The highest BCUT2D eigenvalue weighted by atomic mass is 16.5. The number of ether oxygens (including phenoxy) is 1. The number of hydrogen-bond donors (Lipinski definition) is 1. The Kier molecular flexibility index (Phi) is 3.94. The van der Waals surface area contributed by atoms with E-state index in [9.17, 15) is 9.90 Å². The van der Waals surface area contributed by atoms with Gasteiger partial charge in [0.25, 0.3) is 0 Å². The SMILES string of the molecule is CCOC(=O)C(C)(C)C(C)(O)c1ccccc1.